The van der Waals surface area contributed by atoms with Crippen LogP contribution in [0, 0.1) is 0 Å². The molecule has 0 aliphatic heterocycles. The van der Waals surface area contributed by atoms with Crippen LogP contribution in [0.1, 0.15) is 11.3 Å². The van der Waals surface area contributed by atoms with Crippen LogP contribution in [0.5, 0.6) is 0 Å². The Hall–Kier alpha value is -2.21. The number of nitrogens with one attached hydrogen (secondary N) is 1. The summed E-state index contributed by atoms with van der Waals surface area (Å²) in [6.45, 7) is 0.553. The molecule has 104 valence electrons. The summed E-state index contributed by atoms with van der Waals surface area (Å²) >= 11 is 1.68. The van der Waals surface area contributed by atoms with E-state index >= 15 is 0 Å². The number of hydrogen-bond donors (Lipinski definition) is 3. The maximum atomic E-state index is 8.78. The van der Waals surface area contributed by atoms with E-state index in [9.17, 15) is 0 Å². The number of benzene rings is 1. The lowest BCUT2D eigenvalue weighted by atomic mass is 10.1. The van der Waals surface area contributed by atoms with Crippen LogP contribution in [0.4, 0.5) is 5.69 Å². The van der Waals surface area contributed by atoms with Gasteiger partial charge in [-0.25, -0.2) is 0 Å². The van der Waals surface area contributed by atoms with Crippen molar-refractivity contribution in [3.8, 4) is 0 Å². The van der Waals surface area contributed by atoms with Crippen LogP contribution >= 0.6 is 11.8 Å². The van der Waals surface area contributed by atoms with Gasteiger partial charge in [0.05, 0.1) is 0 Å². The van der Waals surface area contributed by atoms with Crippen molar-refractivity contribution in [2.75, 3.05) is 11.6 Å². The number of nitrogens with zero attached hydrogens (tertiary/aromatic N) is 2. The molecule has 6 heteroatoms. The van der Waals surface area contributed by atoms with Gasteiger partial charge in [-0.1, -0.05) is 23.4 Å². The molecule has 1 heterocycles. The van der Waals surface area contributed by atoms with Gasteiger partial charge in [-0.3, -0.25) is 4.98 Å². The minimum absolute atomic E-state index is 0.0144. The first kappa shape index (κ1) is 14.2. The fraction of sp³-hybridized carbons (Fsp3) is 0.143. The summed E-state index contributed by atoms with van der Waals surface area (Å²) < 4.78 is 0. The number of para-hydroxylation sites is 1. The van der Waals surface area contributed by atoms with Gasteiger partial charge in [-0.15, -0.1) is 11.8 Å². The number of anilines is 1. The van der Waals surface area contributed by atoms with Crippen molar-refractivity contribution in [2.45, 2.75) is 11.4 Å². The molecule has 0 saturated carbocycles. The highest BCUT2D eigenvalue weighted by molar-refractivity contribution is 7.98. The third kappa shape index (κ3) is 3.21. The van der Waals surface area contributed by atoms with E-state index < -0.39 is 0 Å². The Morgan fingerprint density at radius 1 is 1.35 bits per heavy atom. The number of oxime groups is 1. The summed E-state index contributed by atoms with van der Waals surface area (Å²) in [5.41, 5.74) is 8.04. The Kier molecular flexibility index (Phi) is 4.84. The molecule has 0 aliphatic carbocycles. The lowest BCUT2D eigenvalue weighted by Gasteiger charge is -2.12. The summed E-state index contributed by atoms with van der Waals surface area (Å²) in [6.07, 6.45) is 3.65. The van der Waals surface area contributed by atoms with Crippen LogP contribution in [-0.2, 0) is 6.54 Å². The SMILES string of the molecule is CSc1ccccc1NCc1cccnc1/C(N)=N/O. The number of aromatic nitrogens is 1. The van der Waals surface area contributed by atoms with Crippen molar-refractivity contribution in [3.63, 3.8) is 0 Å². The molecule has 0 atom stereocenters. The molecule has 5 nitrogen and oxygen atoms in total. The highest BCUT2D eigenvalue weighted by Crippen LogP contribution is 2.25. The lowest BCUT2D eigenvalue weighted by molar-refractivity contribution is 0.318. The second-order valence-corrected chi connectivity index (χ2v) is 4.90. The molecule has 0 amide bonds. The van der Waals surface area contributed by atoms with Crippen molar-refractivity contribution in [3.05, 3.63) is 53.9 Å². The fourth-order valence-electron chi connectivity index (χ4n) is 1.84. The molecule has 0 unspecified atom stereocenters. The summed E-state index contributed by atoms with van der Waals surface area (Å²) in [6, 6.07) is 11.8. The number of thioether (sulfide) groups is 1. The Labute approximate surface area is 121 Å². The predicted octanol–water partition coefficient (Wildman–Crippen LogP) is 2.51. The van der Waals surface area contributed by atoms with Crippen LogP contribution < -0.4 is 11.1 Å². The molecule has 20 heavy (non-hydrogen) atoms. The van der Waals surface area contributed by atoms with Crippen molar-refractivity contribution < 1.29 is 5.21 Å². The van der Waals surface area contributed by atoms with E-state index in [0.717, 1.165) is 11.3 Å². The van der Waals surface area contributed by atoms with Gasteiger partial charge in [-0.05, 0) is 24.5 Å². The minimum Gasteiger partial charge on any atom is -0.409 e. The normalized spacial score (nSPS) is 11.3. The molecular weight excluding hydrogens is 272 g/mol. The van der Waals surface area contributed by atoms with E-state index in [-0.39, 0.29) is 5.84 Å². The zero-order valence-corrected chi connectivity index (χ0v) is 11.9. The van der Waals surface area contributed by atoms with E-state index in [0.29, 0.717) is 12.2 Å². The van der Waals surface area contributed by atoms with Crippen molar-refractivity contribution in [2.24, 2.45) is 10.9 Å². The minimum atomic E-state index is 0.0144. The van der Waals surface area contributed by atoms with Gasteiger partial charge in [0.25, 0.3) is 0 Å². The van der Waals surface area contributed by atoms with Crippen molar-refractivity contribution >= 4 is 23.3 Å². The molecule has 0 fully saturated rings. The standard InChI is InChI=1S/C14H16N4OS/c1-20-12-7-3-2-6-11(12)17-9-10-5-4-8-16-13(10)14(15)18-19/h2-8,17,19H,9H2,1H3,(H2,15,18). The first-order valence-corrected chi connectivity index (χ1v) is 7.27. The van der Waals surface area contributed by atoms with Crippen LogP contribution in [0.15, 0.2) is 52.6 Å². The van der Waals surface area contributed by atoms with Gasteiger partial charge in [-0.2, -0.15) is 0 Å². The Morgan fingerprint density at radius 2 is 2.15 bits per heavy atom. The van der Waals surface area contributed by atoms with E-state index in [1.165, 1.54) is 4.90 Å². The second-order valence-electron chi connectivity index (χ2n) is 4.05. The van der Waals surface area contributed by atoms with E-state index in [4.69, 9.17) is 10.9 Å². The van der Waals surface area contributed by atoms with Crippen molar-refractivity contribution in [1.82, 2.24) is 4.98 Å². The molecule has 4 N–H and O–H groups in total. The number of hydrogen-bond acceptors (Lipinski definition) is 5. The van der Waals surface area contributed by atoms with Crippen LogP contribution in [-0.4, -0.2) is 22.3 Å². The molecule has 0 bridgehead atoms. The summed E-state index contributed by atoms with van der Waals surface area (Å²) in [5, 5.41) is 15.1. The third-order valence-electron chi connectivity index (χ3n) is 2.82. The number of nitrogens with two attached hydrogens (primary N) is 1. The van der Waals surface area contributed by atoms with Gasteiger partial charge in [0.15, 0.2) is 5.84 Å². The Morgan fingerprint density at radius 3 is 2.90 bits per heavy atom. The smallest absolute Gasteiger partial charge is 0.189 e. The molecule has 0 saturated heterocycles. The maximum Gasteiger partial charge on any atom is 0.189 e. The zero-order chi connectivity index (χ0) is 14.4. The maximum absolute atomic E-state index is 8.78. The Balaban J connectivity index is 2.19. The Bertz CT molecular complexity index is 616. The van der Waals surface area contributed by atoms with Gasteiger partial charge >= 0.3 is 0 Å². The average Bonchev–Trinajstić information content (AvgIpc) is 2.52. The molecule has 2 aromatic rings. The predicted molar refractivity (Wildman–Crippen MR) is 82.3 cm³/mol. The van der Waals surface area contributed by atoms with Gasteiger partial charge < -0.3 is 16.3 Å². The second kappa shape index (κ2) is 6.81. The van der Waals surface area contributed by atoms with Crippen LogP contribution in [0.3, 0.4) is 0 Å². The lowest BCUT2D eigenvalue weighted by Crippen LogP contribution is -2.18. The molecule has 1 aromatic heterocycles. The van der Waals surface area contributed by atoms with E-state index in [1.54, 1.807) is 18.0 Å². The zero-order valence-electron chi connectivity index (χ0n) is 11.1. The van der Waals surface area contributed by atoms with E-state index in [1.807, 2.05) is 36.6 Å². The summed E-state index contributed by atoms with van der Waals surface area (Å²) in [5.74, 6) is 0.0144. The van der Waals surface area contributed by atoms with Gasteiger partial charge in [0.1, 0.15) is 5.69 Å². The fourth-order valence-corrected chi connectivity index (χ4v) is 2.42. The molecule has 0 radical (unpaired) electrons. The summed E-state index contributed by atoms with van der Waals surface area (Å²) in [7, 11) is 0. The van der Waals surface area contributed by atoms with Crippen molar-refractivity contribution in [1.29, 1.82) is 0 Å². The number of rotatable bonds is 5. The molecule has 1 aromatic carbocycles. The first-order chi connectivity index (χ1) is 9.76. The third-order valence-corrected chi connectivity index (χ3v) is 3.61. The monoisotopic (exact) mass is 288 g/mol. The molecule has 0 aliphatic rings. The highest BCUT2D eigenvalue weighted by Gasteiger charge is 2.08. The number of pyridine rings is 1. The van der Waals surface area contributed by atoms with Crippen LogP contribution in [0.25, 0.3) is 0 Å². The summed E-state index contributed by atoms with van der Waals surface area (Å²) in [4.78, 5) is 5.31. The van der Waals surface area contributed by atoms with Crippen LogP contribution in [0.2, 0.25) is 0 Å². The molecule has 0 spiro atoms. The quantitative estimate of drug-likeness (QED) is 0.259. The van der Waals surface area contributed by atoms with Gasteiger partial charge in [0.2, 0.25) is 0 Å². The largest absolute Gasteiger partial charge is 0.409 e. The highest BCUT2D eigenvalue weighted by atomic mass is 32.2. The van der Waals surface area contributed by atoms with Gasteiger partial charge in [0, 0.05) is 28.9 Å². The van der Waals surface area contributed by atoms with E-state index in [2.05, 4.69) is 21.5 Å². The topological polar surface area (TPSA) is 83.5 Å². The number of amidine groups is 1. The molecular formula is C14H16N4OS. The first-order valence-electron chi connectivity index (χ1n) is 6.05. The average molecular weight is 288 g/mol. The molecule has 2 rings (SSSR count).